The largest absolute Gasteiger partial charge is 0.416 e. The summed E-state index contributed by atoms with van der Waals surface area (Å²) in [5, 5.41) is 0. The highest BCUT2D eigenvalue weighted by Gasteiger charge is 2.46. The van der Waals surface area contributed by atoms with E-state index < -0.39 is 11.7 Å². The number of hydrogen-bond donors (Lipinski definition) is 0. The minimum atomic E-state index is -4.34. The number of fused-ring (bicyclic) bond motifs is 2. The van der Waals surface area contributed by atoms with Crippen molar-refractivity contribution >= 4 is 5.91 Å². The van der Waals surface area contributed by atoms with Crippen molar-refractivity contribution in [2.45, 2.75) is 38.8 Å². The summed E-state index contributed by atoms with van der Waals surface area (Å²) < 4.78 is 42.0. The van der Waals surface area contributed by atoms with Crippen molar-refractivity contribution in [3.63, 3.8) is 0 Å². The number of alkyl halides is 3. The van der Waals surface area contributed by atoms with Gasteiger partial charge in [-0.25, -0.2) is 0 Å². The van der Waals surface area contributed by atoms with Crippen LogP contribution in [0.25, 0.3) is 0 Å². The van der Waals surface area contributed by atoms with Crippen molar-refractivity contribution < 1.29 is 22.2 Å². The van der Waals surface area contributed by atoms with Crippen LogP contribution in [-0.4, -0.2) is 28.9 Å². The zero-order valence-corrected chi connectivity index (χ0v) is 16.8. The first-order valence-electron chi connectivity index (χ1n) is 10.2. The molecule has 1 aromatic carbocycles. The maximum Gasteiger partial charge on any atom is 0.416 e. The second-order valence-corrected chi connectivity index (χ2v) is 8.59. The molecule has 2 fully saturated rings. The molecule has 0 N–H and O–H groups in total. The first-order chi connectivity index (χ1) is 14.2. The molecule has 3 heterocycles. The number of rotatable bonds is 2. The van der Waals surface area contributed by atoms with Crippen molar-refractivity contribution in [3.05, 3.63) is 64.3 Å². The molecule has 1 saturated heterocycles. The van der Waals surface area contributed by atoms with E-state index >= 15 is 0 Å². The lowest BCUT2D eigenvalue weighted by Gasteiger charge is -2.21. The fourth-order valence-electron chi connectivity index (χ4n) is 5.32. The molecule has 0 spiro atoms. The standard InChI is InChI=1S/C22H22F3N4O/c1-12-7-13(2)29-19(27-21(29)26-12)20(30)28-10-15-8-14(9-16(15)11-28)17-5-3-4-6-18(17)22(23,24)25/h3-7,14-16H,8-11H2,1-2H3/q+1/t14?,15-,16+. The lowest BCUT2D eigenvalue weighted by Crippen LogP contribution is -2.56. The third-order valence-electron chi connectivity index (χ3n) is 6.60. The summed E-state index contributed by atoms with van der Waals surface area (Å²) in [5.74, 6) is 0.600. The average molecular weight is 415 g/mol. The van der Waals surface area contributed by atoms with Crippen LogP contribution in [0.1, 0.15) is 41.3 Å². The van der Waals surface area contributed by atoms with Crippen molar-refractivity contribution in [1.82, 2.24) is 9.88 Å². The van der Waals surface area contributed by atoms with Gasteiger partial charge in [-0.05, 0) is 56.1 Å². The van der Waals surface area contributed by atoms with Crippen LogP contribution in [0.2, 0.25) is 0 Å². The minimum absolute atomic E-state index is 0.111. The highest BCUT2D eigenvalue weighted by Crippen LogP contribution is 2.48. The Labute approximate surface area is 171 Å². The second-order valence-electron chi connectivity index (χ2n) is 8.59. The molecule has 1 aromatic heterocycles. The molecule has 8 heteroatoms. The van der Waals surface area contributed by atoms with Gasteiger partial charge in [-0.2, -0.15) is 17.4 Å². The number of carbonyl (C=O) groups excluding carboxylic acids is 1. The Morgan fingerprint density at radius 1 is 1.13 bits per heavy atom. The lowest BCUT2D eigenvalue weighted by molar-refractivity contribution is -0.572. The molecule has 2 aliphatic heterocycles. The van der Waals surface area contributed by atoms with Crippen LogP contribution in [0.3, 0.4) is 0 Å². The van der Waals surface area contributed by atoms with Crippen molar-refractivity contribution in [2.24, 2.45) is 16.8 Å². The summed E-state index contributed by atoms with van der Waals surface area (Å²) in [5.41, 5.74) is 2.17. The van der Waals surface area contributed by atoms with E-state index in [1.54, 1.807) is 21.3 Å². The quantitative estimate of drug-likeness (QED) is 0.708. The van der Waals surface area contributed by atoms with Crippen LogP contribution in [-0.2, 0) is 11.0 Å². The molecule has 3 aliphatic rings. The minimum Gasteiger partial charge on any atom is -0.333 e. The average Bonchev–Trinajstić information content (AvgIpc) is 3.21. The first-order valence-corrected chi connectivity index (χ1v) is 10.2. The van der Waals surface area contributed by atoms with Crippen LogP contribution >= 0.6 is 0 Å². The zero-order chi connectivity index (χ0) is 21.2. The Balaban J connectivity index is 1.33. The predicted molar refractivity (Wildman–Crippen MR) is 101 cm³/mol. The van der Waals surface area contributed by atoms with Crippen LogP contribution in [0.5, 0.6) is 0 Å². The molecule has 2 aromatic rings. The van der Waals surface area contributed by atoms with Gasteiger partial charge >= 0.3 is 23.5 Å². The fourth-order valence-corrected chi connectivity index (χ4v) is 5.32. The van der Waals surface area contributed by atoms with Crippen LogP contribution in [0.4, 0.5) is 13.2 Å². The van der Waals surface area contributed by atoms with E-state index in [9.17, 15) is 18.0 Å². The van der Waals surface area contributed by atoms with Crippen LogP contribution in [0.15, 0.2) is 35.3 Å². The molecular formula is C22H22F3N4O+. The van der Waals surface area contributed by atoms with E-state index in [0.717, 1.165) is 11.4 Å². The van der Waals surface area contributed by atoms with Gasteiger partial charge in [-0.15, -0.1) is 4.98 Å². The van der Waals surface area contributed by atoms with Gasteiger partial charge in [0.1, 0.15) is 5.69 Å². The first kappa shape index (κ1) is 19.2. The van der Waals surface area contributed by atoms with Crippen molar-refractivity contribution in [1.29, 1.82) is 0 Å². The Kier molecular flexibility index (Phi) is 4.24. The SMILES string of the molecule is Cc1cc(C)[n+]2c(n1)=NC=2C(=O)N1C[C@H]2CC(c3ccccc3C(F)(F)F)C[C@H]2C1. The Bertz CT molecular complexity index is 1160. The molecule has 30 heavy (non-hydrogen) atoms. The van der Waals surface area contributed by atoms with Crippen LogP contribution in [0, 0.1) is 31.5 Å². The van der Waals surface area contributed by atoms with Gasteiger partial charge in [0.2, 0.25) is 0 Å². The summed E-state index contributed by atoms with van der Waals surface area (Å²) in [6, 6.07) is 7.80. The predicted octanol–water partition coefficient (Wildman–Crippen LogP) is 2.63. The molecule has 3 atom stereocenters. The number of carbonyl (C=O) groups is 1. The normalized spacial score (nSPS) is 24.9. The van der Waals surface area contributed by atoms with Gasteiger partial charge in [0.05, 0.1) is 11.3 Å². The summed E-state index contributed by atoms with van der Waals surface area (Å²) in [6.07, 6.45) is -2.98. The smallest absolute Gasteiger partial charge is 0.333 e. The van der Waals surface area contributed by atoms with E-state index in [1.165, 1.54) is 12.1 Å². The Morgan fingerprint density at radius 2 is 1.80 bits per heavy atom. The van der Waals surface area contributed by atoms with Gasteiger partial charge in [0.15, 0.2) is 0 Å². The topological polar surface area (TPSA) is 51.5 Å². The zero-order valence-electron chi connectivity index (χ0n) is 16.8. The van der Waals surface area contributed by atoms with Crippen molar-refractivity contribution in [2.75, 3.05) is 13.1 Å². The van der Waals surface area contributed by atoms with E-state index in [-0.39, 0.29) is 23.7 Å². The third kappa shape index (κ3) is 3.00. The molecule has 1 aliphatic carbocycles. The summed E-state index contributed by atoms with van der Waals surface area (Å²) in [4.78, 5) is 23.4. The highest BCUT2D eigenvalue weighted by atomic mass is 19.4. The molecule has 156 valence electrons. The van der Waals surface area contributed by atoms with Gasteiger partial charge in [-0.3, -0.25) is 4.79 Å². The maximum absolute atomic E-state index is 13.4. The number of benzene rings is 1. The molecule has 1 amide bonds. The van der Waals surface area contributed by atoms with Gasteiger partial charge in [-0.1, -0.05) is 23.2 Å². The van der Waals surface area contributed by atoms with E-state index in [0.29, 0.717) is 42.9 Å². The van der Waals surface area contributed by atoms with Gasteiger partial charge in [0.25, 0.3) is 0 Å². The third-order valence-corrected chi connectivity index (χ3v) is 6.60. The molecule has 5 nitrogen and oxygen atoms in total. The summed E-state index contributed by atoms with van der Waals surface area (Å²) in [6.45, 7) is 4.95. The fraction of sp³-hybridized carbons (Fsp3) is 0.455. The number of aromatic nitrogens is 2. The number of amides is 1. The Morgan fingerprint density at radius 3 is 2.43 bits per heavy atom. The molecule has 0 radical (unpaired) electrons. The molecule has 5 rings (SSSR count). The lowest BCUT2D eigenvalue weighted by atomic mass is 9.91. The highest BCUT2D eigenvalue weighted by molar-refractivity contribution is 5.86. The van der Waals surface area contributed by atoms with E-state index in [1.807, 2.05) is 19.9 Å². The monoisotopic (exact) mass is 415 g/mol. The second kappa shape index (κ2) is 6.62. The molecule has 0 bridgehead atoms. The van der Waals surface area contributed by atoms with Gasteiger partial charge in [0, 0.05) is 19.2 Å². The van der Waals surface area contributed by atoms with Crippen LogP contribution < -0.4 is 9.86 Å². The number of aryl methyl sites for hydroxylation is 2. The summed E-state index contributed by atoms with van der Waals surface area (Å²) >= 11 is 0. The number of hydrogen-bond acceptors (Lipinski definition) is 3. The number of nitrogens with zero attached hydrogens (tertiary/aromatic N) is 4. The van der Waals surface area contributed by atoms with E-state index in [4.69, 9.17) is 0 Å². The Hall–Kier alpha value is -2.77. The number of halogens is 3. The maximum atomic E-state index is 13.4. The molecule has 1 saturated carbocycles. The number of likely N-dealkylation sites (tertiary alicyclic amines) is 1. The van der Waals surface area contributed by atoms with Gasteiger partial charge < -0.3 is 4.90 Å². The van der Waals surface area contributed by atoms with E-state index in [2.05, 4.69) is 9.98 Å². The summed E-state index contributed by atoms with van der Waals surface area (Å²) in [7, 11) is 0. The molecule has 1 unspecified atom stereocenters. The van der Waals surface area contributed by atoms with Crippen molar-refractivity contribution in [3.8, 4) is 0 Å². The molecular weight excluding hydrogens is 393 g/mol.